The molecule has 9 heteroatoms. The Morgan fingerprint density at radius 3 is 2.57 bits per heavy atom. The van der Waals surface area contributed by atoms with Crippen LogP contribution in [0.1, 0.15) is 29.2 Å². The summed E-state index contributed by atoms with van der Waals surface area (Å²) < 4.78 is 5.70. The van der Waals surface area contributed by atoms with Crippen LogP contribution in [-0.2, 0) is 27.4 Å². The maximum absolute atomic E-state index is 13.5. The number of hydrogen-bond donors (Lipinski definition) is 3. The molecule has 0 saturated heterocycles. The number of allylic oxidation sites excluding steroid dienone is 1. The number of urea groups is 1. The van der Waals surface area contributed by atoms with Crippen molar-refractivity contribution in [2.24, 2.45) is 0 Å². The Kier molecular flexibility index (Phi) is 7.48. The highest BCUT2D eigenvalue weighted by molar-refractivity contribution is 8.00. The summed E-state index contributed by atoms with van der Waals surface area (Å²) in [5.74, 6) is -0.274. The van der Waals surface area contributed by atoms with Gasteiger partial charge >= 0.3 is 12.0 Å². The number of halogens is 1. The molecule has 2 aliphatic heterocycles. The van der Waals surface area contributed by atoms with E-state index in [2.05, 4.69) is 16.0 Å². The average Bonchev–Trinajstić information content (AvgIpc) is 2.90. The molecule has 2 aliphatic rings. The first-order valence-electron chi connectivity index (χ1n) is 11.8. The van der Waals surface area contributed by atoms with Crippen LogP contribution in [0.15, 0.2) is 89.0 Å². The van der Waals surface area contributed by atoms with E-state index < -0.39 is 18.0 Å². The third kappa shape index (κ3) is 5.98. The molecule has 0 radical (unpaired) electrons. The van der Waals surface area contributed by atoms with Gasteiger partial charge in [-0.1, -0.05) is 60.1 Å². The van der Waals surface area contributed by atoms with E-state index >= 15 is 0 Å². The number of carbonyl (C=O) groups excluding carboxylic acids is 3. The van der Waals surface area contributed by atoms with Crippen LogP contribution >= 0.6 is 23.4 Å². The maximum Gasteiger partial charge on any atom is 0.338 e. The fourth-order valence-electron chi connectivity index (χ4n) is 4.35. The highest BCUT2D eigenvalue weighted by Crippen LogP contribution is 2.36. The third-order valence-electron chi connectivity index (χ3n) is 6.11. The number of benzene rings is 3. The first-order valence-corrected chi connectivity index (χ1v) is 13.2. The molecular weight excluding hydrogens is 510 g/mol. The molecule has 37 heavy (non-hydrogen) atoms. The second-order valence-corrected chi connectivity index (χ2v) is 10.2. The van der Waals surface area contributed by atoms with E-state index in [1.165, 1.54) is 11.8 Å². The van der Waals surface area contributed by atoms with E-state index in [0.29, 0.717) is 46.1 Å². The maximum atomic E-state index is 13.5. The fourth-order valence-corrected chi connectivity index (χ4v) is 5.35. The normalized spacial score (nSPS) is 16.8. The minimum absolute atomic E-state index is 0.0933. The molecule has 188 valence electrons. The number of amides is 3. The summed E-state index contributed by atoms with van der Waals surface area (Å²) in [6.07, 6.45) is 0.965. The molecule has 0 bridgehead atoms. The molecule has 0 aliphatic carbocycles. The van der Waals surface area contributed by atoms with Gasteiger partial charge in [-0.25, -0.2) is 9.59 Å². The lowest BCUT2D eigenvalue weighted by atomic mass is 9.92. The van der Waals surface area contributed by atoms with Crippen molar-refractivity contribution in [3.05, 3.63) is 106 Å². The van der Waals surface area contributed by atoms with Crippen molar-refractivity contribution in [3.8, 4) is 0 Å². The molecule has 0 saturated carbocycles. The zero-order chi connectivity index (χ0) is 25.8. The van der Waals surface area contributed by atoms with Crippen LogP contribution in [0, 0.1) is 0 Å². The van der Waals surface area contributed by atoms with E-state index in [4.69, 9.17) is 16.3 Å². The Balaban J connectivity index is 1.49. The third-order valence-corrected chi connectivity index (χ3v) is 7.42. The standard InChI is InChI=1S/C28H24ClN3O4S/c29-20-8-4-7-17(13-20)9-11-21-25(27(34)36-15-18-5-2-1-3-6-18)26(32-28(35)31-21)19-10-12-23-22(14-19)30-24(33)16-37-23/h1-8,10,12-14,26H,9,11,15-16H2,(H,30,33)(H2,31,32,35). The van der Waals surface area contributed by atoms with Crippen molar-refractivity contribution in [1.82, 2.24) is 10.6 Å². The molecule has 0 aromatic heterocycles. The zero-order valence-electron chi connectivity index (χ0n) is 19.8. The Morgan fingerprint density at radius 1 is 0.946 bits per heavy atom. The van der Waals surface area contributed by atoms with Crippen LogP contribution in [0.4, 0.5) is 10.5 Å². The lowest BCUT2D eigenvalue weighted by molar-refractivity contribution is -0.140. The van der Waals surface area contributed by atoms with Gasteiger partial charge in [0, 0.05) is 15.6 Å². The van der Waals surface area contributed by atoms with Crippen LogP contribution in [0.3, 0.4) is 0 Å². The Hall–Kier alpha value is -3.75. The number of anilines is 1. The molecule has 1 atom stereocenters. The first-order chi connectivity index (χ1) is 18.0. The van der Waals surface area contributed by atoms with E-state index in [1.807, 2.05) is 60.7 Å². The minimum atomic E-state index is -0.750. The van der Waals surface area contributed by atoms with Crippen LogP contribution in [-0.4, -0.2) is 23.7 Å². The summed E-state index contributed by atoms with van der Waals surface area (Å²) in [4.78, 5) is 39.1. The van der Waals surface area contributed by atoms with Gasteiger partial charge in [-0.2, -0.15) is 0 Å². The summed E-state index contributed by atoms with van der Waals surface area (Å²) in [6.45, 7) is 0.0995. The first kappa shape index (κ1) is 24.9. The highest BCUT2D eigenvalue weighted by Gasteiger charge is 2.34. The average molecular weight is 534 g/mol. The fraction of sp³-hybridized carbons (Fsp3) is 0.179. The van der Waals surface area contributed by atoms with Gasteiger partial charge in [0.15, 0.2) is 0 Å². The second-order valence-electron chi connectivity index (χ2n) is 8.71. The zero-order valence-corrected chi connectivity index (χ0v) is 21.3. The summed E-state index contributed by atoms with van der Waals surface area (Å²) in [5.41, 5.74) is 3.98. The molecular formula is C28H24ClN3O4S. The smallest absolute Gasteiger partial charge is 0.338 e. The predicted octanol–water partition coefficient (Wildman–Crippen LogP) is 5.37. The van der Waals surface area contributed by atoms with Gasteiger partial charge in [0.2, 0.25) is 5.91 Å². The Bertz CT molecular complexity index is 1390. The topological polar surface area (TPSA) is 96.5 Å². The summed E-state index contributed by atoms with van der Waals surface area (Å²) in [7, 11) is 0. The largest absolute Gasteiger partial charge is 0.457 e. The number of aryl methyl sites for hydroxylation is 1. The SMILES string of the molecule is O=C1CSc2ccc(C3NC(=O)NC(CCc4cccc(Cl)c4)=C3C(=O)OCc3ccccc3)cc2N1. The summed E-state index contributed by atoms with van der Waals surface area (Å²) in [5, 5.41) is 9.18. The second kappa shape index (κ2) is 11.1. The molecule has 0 fully saturated rings. The van der Waals surface area contributed by atoms with E-state index in [-0.39, 0.29) is 12.5 Å². The monoisotopic (exact) mass is 533 g/mol. The number of hydrogen-bond acceptors (Lipinski definition) is 5. The van der Waals surface area contributed by atoms with Crippen LogP contribution in [0.25, 0.3) is 0 Å². The Morgan fingerprint density at radius 2 is 1.76 bits per heavy atom. The van der Waals surface area contributed by atoms with Crippen molar-refractivity contribution < 1.29 is 19.1 Å². The lowest BCUT2D eigenvalue weighted by Gasteiger charge is -2.30. The molecule has 0 spiro atoms. The van der Waals surface area contributed by atoms with Crippen LogP contribution in [0.2, 0.25) is 5.02 Å². The van der Waals surface area contributed by atoms with E-state index in [0.717, 1.165) is 16.0 Å². The number of esters is 1. The van der Waals surface area contributed by atoms with Crippen molar-refractivity contribution in [3.63, 3.8) is 0 Å². The molecule has 3 N–H and O–H groups in total. The number of fused-ring (bicyclic) bond motifs is 1. The highest BCUT2D eigenvalue weighted by atomic mass is 35.5. The predicted molar refractivity (Wildman–Crippen MR) is 143 cm³/mol. The van der Waals surface area contributed by atoms with Crippen molar-refractivity contribution in [1.29, 1.82) is 0 Å². The van der Waals surface area contributed by atoms with Gasteiger partial charge in [0.1, 0.15) is 6.61 Å². The van der Waals surface area contributed by atoms with Gasteiger partial charge in [-0.3, -0.25) is 4.79 Å². The molecule has 2 heterocycles. The van der Waals surface area contributed by atoms with Gasteiger partial charge in [0.25, 0.3) is 0 Å². The molecule has 5 rings (SSSR count). The number of carbonyl (C=O) groups is 3. The van der Waals surface area contributed by atoms with E-state index in [9.17, 15) is 14.4 Å². The van der Waals surface area contributed by atoms with Gasteiger partial charge in [-0.05, 0) is 53.8 Å². The molecule has 7 nitrogen and oxygen atoms in total. The van der Waals surface area contributed by atoms with Crippen LogP contribution in [0.5, 0.6) is 0 Å². The minimum Gasteiger partial charge on any atom is -0.457 e. The van der Waals surface area contributed by atoms with Gasteiger partial charge < -0.3 is 20.7 Å². The molecule has 3 aromatic carbocycles. The van der Waals surface area contributed by atoms with E-state index in [1.54, 1.807) is 12.1 Å². The van der Waals surface area contributed by atoms with Crippen LogP contribution < -0.4 is 16.0 Å². The van der Waals surface area contributed by atoms with Crippen molar-refractivity contribution >= 4 is 47.0 Å². The number of nitrogens with one attached hydrogen (secondary N) is 3. The summed E-state index contributed by atoms with van der Waals surface area (Å²) >= 11 is 7.59. The molecule has 3 amide bonds. The number of rotatable bonds is 7. The van der Waals surface area contributed by atoms with Crippen molar-refractivity contribution in [2.75, 3.05) is 11.1 Å². The Labute approximate surface area is 223 Å². The number of thioether (sulfide) groups is 1. The molecule has 3 aromatic rings. The number of ether oxygens (including phenoxy) is 1. The quantitative estimate of drug-likeness (QED) is 0.355. The van der Waals surface area contributed by atoms with Gasteiger partial charge in [-0.15, -0.1) is 11.8 Å². The summed E-state index contributed by atoms with van der Waals surface area (Å²) in [6, 6.07) is 21.3. The van der Waals surface area contributed by atoms with Crippen molar-refractivity contribution in [2.45, 2.75) is 30.4 Å². The van der Waals surface area contributed by atoms with Gasteiger partial charge in [0.05, 0.1) is 23.1 Å². The lowest BCUT2D eigenvalue weighted by Crippen LogP contribution is -2.46. The molecule has 1 unspecified atom stereocenters.